The van der Waals surface area contributed by atoms with E-state index in [9.17, 15) is 4.79 Å². The summed E-state index contributed by atoms with van der Waals surface area (Å²) in [5.74, 6) is 0.884. The summed E-state index contributed by atoms with van der Waals surface area (Å²) in [5.41, 5.74) is 0.529. The van der Waals surface area contributed by atoms with Crippen LogP contribution in [0.25, 0.3) is 0 Å². The second-order valence-electron chi connectivity index (χ2n) is 4.50. The Kier molecular flexibility index (Phi) is 5.29. The maximum atomic E-state index is 11.9. The lowest BCUT2D eigenvalue weighted by Crippen LogP contribution is -2.37. The Labute approximate surface area is 107 Å². The summed E-state index contributed by atoms with van der Waals surface area (Å²) in [6.45, 7) is 4.18. The molecule has 17 heavy (non-hydrogen) atoms. The van der Waals surface area contributed by atoms with Crippen LogP contribution in [0.4, 0.5) is 0 Å². The van der Waals surface area contributed by atoms with Gasteiger partial charge in [0.15, 0.2) is 0 Å². The van der Waals surface area contributed by atoms with Crippen LogP contribution in [-0.4, -0.2) is 22.9 Å². The molecule has 94 valence electrons. The summed E-state index contributed by atoms with van der Waals surface area (Å²) >= 11 is 5.81. The van der Waals surface area contributed by atoms with Gasteiger partial charge in [0.05, 0.1) is 0 Å². The molecule has 0 fully saturated rings. The van der Waals surface area contributed by atoms with Crippen molar-refractivity contribution >= 4 is 17.5 Å². The first kappa shape index (κ1) is 13.8. The lowest BCUT2D eigenvalue weighted by Gasteiger charge is -2.18. The van der Waals surface area contributed by atoms with Crippen molar-refractivity contribution < 1.29 is 9.90 Å². The number of aromatic hydroxyl groups is 1. The van der Waals surface area contributed by atoms with Gasteiger partial charge in [-0.1, -0.05) is 13.8 Å². The fourth-order valence-corrected chi connectivity index (χ4v) is 1.81. The second-order valence-corrected chi connectivity index (χ2v) is 4.81. The highest BCUT2D eigenvalue weighted by atomic mass is 35.5. The van der Waals surface area contributed by atoms with E-state index in [1.54, 1.807) is 12.1 Å². The fourth-order valence-electron chi connectivity index (χ4n) is 1.61. The third-order valence-electron chi connectivity index (χ3n) is 2.41. The SMILES string of the molecule is CC(C)CC(CCl)NC(=O)c1ccc(O)cc1. The van der Waals surface area contributed by atoms with Crippen LogP contribution < -0.4 is 5.32 Å². The van der Waals surface area contributed by atoms with Gasteiger partial charge in [-0.15, -0.1) is 11.6 Å². The summed E-state index contributed by atoms with van der Waals surface area (Å²) in [7, 11) is 0. The van der Waals surface area contributed by atoms with Gasteiger partial charge in [-0.3, -0.25) is 4.79 Å². The topological polar surface area (TPSA) is 49.3 Å². The predicted molar refractivity (Wildman–Crippen MR) is 69.5 cm³/mol. The minimum atomic E-state index is -0.156. The number of carbonyl (C=O) groups excluding carboxylic acids is 1. The number of hydrogen-bond acceptors (Lipinski definition) is 2. The van der Waals surface area contributed by atoms with Gasteiger partial charge in [-0.25, -0.2) is 0 Å². The summed E-state index contributed by atoms with van der Waals surface area (Å²) in [6.07, 6.45) is 0.854. The maximum absolute atomic E-state index is 11.9. The Morgan fingerprint density at radius 2 is 1.94 bits per heavy atom. The number of phenolic OH excluding ortho intramolecular Hbond substituents is 1. The molecule has 0 saturated carbocycles. The quantitative estimate of drug-likeness (QED) is 0.795. The molecule has 2 N–H and O–H groups in total. The van der Waals surface area contributed by atoms with E-state index in [0.29, 0.717) is 17.4 Å². The van der Waals surface area contributed by atoms with Crippen molar-refractivity contribution in [2.45, 2.75) is 26.3 Å². The van der Waals surface area contributed by atoms with Crippen molar-refractivity contribution in [3.8, 4) is 5.75 Å². The number of rotatable bonds is 5. The lowest BCUT2D eigenvalue weighted by molar-refractivity contribution is 0.0936. The minimum absolute atomic E-state index is 0.0158. The average molecular weight is 256 g/mol. The molecule has 1 rings (SSSR count). The number of halogens is 1. The highest BCUT2D eigenvalue weighted by molar-refractivity contribution is 6.18. The van der Waals surface area contributed by atoms with Crippen LogP contribution >= 0.6 is 11.6 Å². The molecule has 0 aliphatic carbocycles. The van der Waals surface area contributed by atoms with Gasteiger partial charge in [0.25, 0.3) is 5.91 Å². The number of nitrogens with one attached hydrogen (secondary N) is 1. The summed E-state index contributed by atoms with van der Waals surface area (Å²) < 4.78 is 0. The van der Waals surface area contributed by atoms with E-state index in [0.717, 1.165) is 6.42 Å². The lowest BCUT2D eigenvalue weighted by atomic mass is 10.0. The summed E-state index contributed by atoms with van der Waals surface area (Å²) in [4.78, 5) is 11.9. The maximum Gasteiger partial charge on any atom is 0.251 e. The fraction of sp³-hybridized carbons (Fsp3) is 0.462. The predicted octanol–water partition coefficient (Wildman–Crippen LogP) is 2.78. The molecule has 3 nitrogen and oxygen atoms in total. The van der Waals surface area contributed by atoms with Crippen molar-refractivity contribution in [2.24, 2.45) is 5.92 Å². The van der Waals surface area contributed by atoms with Gasteiger partial charge >= 0.3 is 0 Å². The van der Waals surface area contributed by atoms with Crippen molar-refractivity contribution in [1.29, 1.82) is 0 Å². The highest BCUT2D eigenvalue weighted by Gasteiger charge is 2.14. The van der Waals surface area contributed by atoms with Gasteiger partial charge in [0.1, 0.15) is 5.75 Å². The molecule has 1 aromatic carbocycles. The molecule has 0 heterocycles. The highest BCUT2D eigenvalue weighted by Crippen LogP contribution is 2.11. The van der Waals surface area contributed by atoms with E-state index in [1.807, 2.05) is 0 Å². The Morgan fingerprint density at radius 1 is 1.35 bits per heavy atom. The van der Waals surface area contributed by atoms with E-state index < -0.39 is 0 Å². The molecule has 1 aromatic rings. The smallest absolute Gasteiger partial charge is 0.251 e. The molecular weight excluding hydrogens is 238 g/mol. The van der Waals surface area contributed by atoms with Crippen LogP contribution in [0.3, 0.4) is 0 Å². The average Bonchev–Trinajstić information content (AvgIpc) is 2.28. The molecule has 0 aromatic heterocycles. The van der Waals surface area contributed by atoms with E-state index in [4.69, 9.17) is 16.7 Å². The molecule has 0 saturated heterocycles. The third kappa shape index (κ3) is 4.65. The largest absolute Gasteiger partial charge is 0.508 e. The van der Waals surface area contributed by atoms with E-state index >= 15 is 0 Å². The zero-order valence-corrected chi connectivity index (χ0v) is 10.9. The van der Waals surface area contributed by atoms with Gasteiger partial charge in [0, 0.05) is 17.5 Å². The first-order chi connectivity index (χ1) is 8.02. The summed E-state index contributed by atoms with van der Waals surface area (Å²) in [6, 6.07) is 6.15. The molecule has 1 atom stereocenters. The molecule has 4 heteroatoms. The van der Waals surface area contributed by atoms with Gasteiger partial charge in [-0.2, -0.15) is 0 Å². The van der Waals surface area contributed by atoms with Crippen molar-refractivity contribution in [3.63, 3.8) is 0 Å². The number of carbonyl (C=O) groups is 1. The van der Waals surface area contributed by atoms with E-state index in [1.165, 1.54) is 12.1 Å². The first-order valence-corrected chi connectivity index (χ1v) is 6.22. The third-order valence-corrected chi connectivity index (χ3v) is 2.78. The Morgan fingerprint density at radius 3 is 2.41 bits per heavy atom. The Balaban J connectivity index is 2.61. The molecule has 0 aliphatic rings. The van der Waals surface area contributed by atoms with Crippen molar-refractivity contribution in [1.82, 2.24) is 5.32 Å². The molecule has 1 unspecified atom stereocenters. The number of amides is 1. The standard InChI is InChI=1S/C13H18ClNO2/c1-9(2)7-11(8-14)15-13(17)10-3-5-12(16)6-4-10/h3-6,9,11,16H,7-8H2,1-2H3,(H,15,17). The van der Waals surface area contributed by atoms with Gasteiger partial charge < -0.3 is 10.4 Å². The Hall–Kier alpha value is -1.22. The van der Waals surface area contributed by atoms with Crippen LogP contribution in [-0.2, 0) is 0 Å². The van der Waals surface area contributed by atoms with Crippen LogP contribution in [0.1, 0.15) is 30.6 Å². The molecule has 0 aliphatic heterocycles. The van der Waals surface area contributed by atoms with Crippen LogP contribution in [0, 0.1) is 5.92 Å². The molecule has 1 amide bonds. The first-order valence-electron chi connectivity index (χ1n) is 5.68. The normalized spacial score (nSPS) is 12.5. The number of phenols is 1. The number of hydrogen-bond donors (Lipinski definition) is 2. The van der Waals surface area contributed by atoms with E-state index in [2.05, 4.69) is 19.2 Å². The zero-order valence-electron chi connectivity index (χ0n) is 10.1. The Bertz CT molecular complexity index is 362. The molecule has 0 radical (unpaired) electrons. The van der Waals surface area contributed by atoms with Gasteiger partial charge in [0.2, 0.25) is 0 Å². The van der Waals surface area contributed by atoms with Crippen LogP contribution in [0.5, 0.6) is 5.75 Å². The van der Waals surface area contributed by atoms with Gasteiger partial charge in [-0.05, 0) is 36.6 Å². The van der Waals surface area contributed by atoms with E-state index in [-0.39, 0.29) is 17.7 Å². The van der Waals surface area contributed by atoms with Crippen molar-refractivity contribution in [3.05, 3.63) is 29.8 Å². The van der Waals surface area contributed by atoms with Crippen molar-refractivity contribution in [2.75, 3.05) is 5.88 Å². The molecular formula is C13H18ClNO2. The summed E-state index contributed by atoms with van der Waals surface area (Å²) in [5, 5.41) is 12.0. The zero-order chi connectivity index (χ0) is 12.8. The molecule has 0 bridgehead atoms. The monoisotopic (exact) mass is 255 g/mol. The minimum Gasteiger partial charge on any atom is -0.508 e. The number of benzene rings is 1. The molecule has 0 spiro atoms. The second kappa shape index (κ2) is 6.50. The van der Waals surface area contributed by atoms with Crippen LogP contribution in [0.15, 0.2) is 24.3 Å². The van der Waals surface area contributed by atoms with Crippen LogP contribution in [0.2, 0.25) is 0 Å². The number of alkyl halides is 1.